The van der Waals surface area contributed by atoms with Crippen LogP contribution in [0.25, 0.3) is 11.0 Å². The molecule has 23 heavy (non-hydrogen) atoms. The zero-order chi connectivity index (χ0) is 16.4. The van der Waals surface area contributed by atoms with Gasteiger partial charge in [-0.25, -0.2) is 22.9 Å². The average molecular weight is 339 g/mol. The number of H-pyrrole nitrogens is 2. The fourth-order valence-electron chi connectivity index (χ4n) is 2.58. The fourth-order valence-corrected chi connectivity index (χ4v) is 3.67. The molecule has 0 aliphatic carbocycles. The predicted octanol–water partition coefficient (Wildman–Crippen LogP) is -1.11. The lowest BCUT2D eigenvalue weighted by Gasteiger charge is -2.22. The Morgan fingerprint density at radius 3 is 2.87 bits per heavy atom. The average Bonchev–Trinajstić information content (AvgIpc) is 2.53. The van der Waals surface area contributed by atoms with Crippen LogP contribution in [0, 0.1) is 5.92 Å². The number of aromatic amines is 2. The first-order chi connectivity index (χ1) is 11.0. The van der Waals surface area contributed by atoms with Gasteiger partial charge in [-0.3, -0.25) is 14.8 Å². The summed E-state index contributed by atoms with van der Waals surface area (Å²) >= 11 is 0. The summed E-state index contributed by atoms with van der Waals surface area (Å²) < 4.78 is 27.2. The topological polar surface area (TPSA) is 137 Å². The number of nitrogens with zero attached hydrogens (tertiary/aromatic N) is 1. The van der Waals surface area contributed by atoms with Crippen LogP contribution in [0.15, 0.2) is 26.7 Å². The molecule has 3 rings (SSSR count). The molecular weight excluding hydrogens is 322 g/mol. The minimum Gasteiger partial charge on any atom is -0.316 e. The van der Waals surface area contributed by atoms with Crippen molar-refractivity contribution in [2.24, 2.45) is 5.92 Å². The van der Waals surface area contributed by atoms with E-state index in [2.05, 4.69) is 20.0 Å². The monoisotopic (exact) mass is 339 g/mol. The van der Waals surface area contributed by atoms with E-state index in [1.54, 1.807) is 0 Å². The summed E-state index contributed by atoms with van der Waals surface area (Å²) in [5.41, 5.74) is -1.31. The SMILES string of the molecule is O=c1[nH]c(=O)c2cc(S(=O)(=O)NCC3CCCNC3)cnc2[nH]1. The highest BCUT2D eigenvalue weighted by atomic mass is 32.2. The number of hydrogen-bond acceptors (Lipinski definition) is 6. The Balaban J connectivity index is 1.86. The lowest BCUT2D eigenvalue weighted by atomic mass is 10.0. The smallest absolute Gasteiger partial charge is 0.316 e. The standard InChI is InChI=1S/C13H17N5O4S/c19-12-10-4-9(7-15-11(10)17-13(20)18-12)23(21,22)16-6-8-2-1-3-14-5-8/h4,7-8,14,16H,1-3,5-6H2,(H2,15,17,18,19,20). The van der Waals surface area contributed by atoms with Gasteiger partial charge in [0.2, 0.25) is 10.0 Å². The van der Waals surface area contributed by atoms with Gasteiger partial charge in [0.15, 0.2) is 0 Å². The maximum Gasteiger partial charge on any atom is 0.327 e. The molecule has 0 bridgehead atoms. The van der Waals surface area contributed by atoms with E-state index in [1.165, 1.54) is 6.07 Å². The predicted molar refractivity (Wildman–Crippen MR) is 83.8 cm³/mol. The van der Waals surface area contributed by atoms with E-state index in [1.807, 2.05) is 4.98 Å². The second-order valence-corrected chi connectivity index (χ2v) is 7.31. The van der Waals surface area contributed by atoms with Crippen molar-refractivity contribution in [3.8, 4) is 0 Å². The highest BCUT2D eigenvalue weighted by molar-refractivity contribution is 7.89. The van der Waals surface area contributed by atoms with Gasteiger partial charge in [-0.2, -0.15) is 0 Å². The van der Waals surface area contributed by atoms with Gasteiger partial charge in [0.05, 0.1) is 5.39 Å². The van der Waals surface area contributed by atoms with Crippen molar-refractivity contribution >= 4 is 21.1 Å². The first-order valence-corrected chi connectivity index (χ1v) is 8.77. The van der Waals surface area contributed by atoms with Gasteiger partial charge < -0.3 is 5.32 Å². The molecule has 1 unspecified atom stereocenters. The summed E-state index contributed by atoms with van der Waals surface area (Å²) in [6, 6.07) is 1.21. The first kappa shape index (κ1) is 15.8. The highest BCUT2D eigenvalue weighted by Crippen LogP contribution is 2.13. The molecule has 2 aromatic heterocycles. The Hall–Kier alpha value is -2.04. The molecular formula is C13H17N5O4S. The van der Waals surface area contributed by atoms with Crippen LogP contribution in [-0.4, -0.2) is 43.0 Å². The molecule has 1 aliphatic heterocycles. The summed E-state index contributed by atoms with van der Waals surface area (Å²) in [6.45, 7) is 2.06. The van der Waals surface area contributed by atoms with Crippen molar-refractivity contribution in [3.05, 3.63) is 33.1 Å². The second kappa shape index (κ2) is 6.22. The van der Waals surface area contributed by atoms with Gasteiger partial charge in [0, 0.05) is 12.7 Å². The quantitative estimate of drug-likeness (QED) is 0.557. The molecule has 0 radical (unpaired) electrons. The molecule has 1 fully saturated rings. The van der Waals surface area contributed by atoms with E-state index in [9.17, 15) is 18.0 Å². The van der Waals surface area contributed by atoms with Crippen LogP contribution in [0.3, 0.4) is 0 Å². The molecule has 0 spiro atoms. The van der Waals surface area contributed by atoms with Gasteiger partial charge in [-0.1, -0.05) is 0 Å². The Labute approximate surface area is 131 Å². The van der Waals surface area contributed by atoms with E-state index in [-0.39, 0.29) is 21.8 Å². The molecule has 10 heteroatoms. The first-order valence-electron chi connectivity index (χ1n) is 7.28. The Morgan fingerprint density at radius 1 is 1.30 bits per heavy atom. The summed E-state index contributed by atoms with van der Waals surface area (Å²) in [7, 11) is -3.76. The number of fused-ring (bicyclic) bond motifs is 1. The molecule has 9 nitrogen and oxygen atoms in total. The maximum atomic E-state index is 12.3. The lowest BCUT2D eigenvalue weighted by molar-refractivity contribution is 0.376. The van der Waals surface area contributed by atoms with Crippen LogP contribution in [0.4, 0.5) is 0 Å². The lowest BCUT2D eigenvalue weighted by Crippen LogP contribution is -2.38. The number of pyridine rings is 1. The summed E-state index contributed by atoms with van der Waals surface area (Å²) in [5.74, 6) is 0.242. The van der Waals surface area contributed by atoms with E-state index in [4.69, 9.17) is 0 Å². The maximum absolute atomic E-state index is 12.3. The third kappa shape index (κ3) is 3.49. The molecule has 3 heterocycles. The molecule has 0 aromatic carbocycles. The van der Waals surface area contributed by atoms with Gasteiger partial charge in [-0.15, -0.1) is 0 Å². The van der Waals surface area contributed by atoms with Crippen molar-refractivity contribution < 1.29 is 8.42 Å². The molecule has 1 saturated heterocycles. The van der Waals surface area contributed by atoms with Crippen LogP contribution in [0.2, 0.25) is 0 Å². The summed E-state index contributed by atoms with van der Waals surface area (Å²) in [4.78, 5) is 31.1. The molecule has 0 saturated carbocycles. The number of sulfonamides is 1. The normalized spacial score (nSPS) is 19.0. The number of piperidine rings is 1. The highest BCUT2D eigenvalue weighted by Gasteiger charge is 2.20. The molecule has 1 atom stereocenters. The second-order valence-electron chi connectivity index (χ2n) is 5.54. The summed E-state index contributed by atoms with van der Waals surface area (Å²) in [5, 5.41) is 3.24. The van der Waals surface area contributed by atoms with Crippen LogP contribution < -0.4 is 21.3 Å². The van der Waals surface area contributed by atoms with Gasteiger partial charge in [0.25, 0.3) is 5.56 Å². The van der Waals surface area contributed by atoms with E-state index < -0.39 is 21.3 Å². The van der Waals surface area contributed by atoms with Crippen molar-refractivity contribution in [2.75, 3.05) is 19.6 Å². The minimum absolute atomic E-state index is 0.0202. The molecule has 1 aliphatic rings. The Bertz CT molecular complexity index is 927. The zero-order valence-electron chi connectivity index (χ0n) is 12.3. The van der Waals surface area contributed by atoms with Gasteiger partial charge in [0.1, 0.15) is 10.5 Å². The van der Waals surface area contributed by atoms with Gasteiger partial charge >= 0.3 is 5.69 Å². The number of rotatable bonds is 4. The molecule has 124 valence electrons. The van der Waals surface area contributed by atoms with Crippen molar-refractivity contribution in [3.63, 3.8) is 0 Å². The number of hydrogen-bond donors (Lipinski definition) is 4. The van der Waals surface area contributed by atoms with E-state index >= 15 is 0 Å². The minimum atomic E-state index is -3.76. The summed E-state index contributed by atoms with van der Waals surface area (Å²) in [6.07, 6.45) is 3.11. The van der Waals surface area contributed by atoms with Crippen LogP contribution in [-0.2, 0) is 10.0 Å². The number of aromatic nitrogens is 3. The van der Waals surface area contributed by atoms with E-state index in [0.717, 1.165) is 32.1 Å². The fraction of sp³-hybridized carbons (Fsp3) is 0.462. The van der Waals surface area contributed by atoms with Crippen molar-refractivity contribution in [2.45, 2.75) is 17.7 Å². The Kier molecular flexibility index (Phi) is 4.28. The van der Waals surface area contributed by atoms with Crippen LogP contribution in [0.5, 0.6) is 0 Å². The van der Waals surface area contributed by atoms with Crippen LogP contribution in [0.1, 0.15) is 12.8 Å². The van der Waals surface area contributed by atoms with Crippen molar-refractivity contribution in [1.29, 1.82) is 0 Å². The van der Waals surface area contributed by atoms with E-state index in [0.29, 0.717) is 6.54 Å². The molecule has 4 N–H and O–H groups in total. The Morgan fingerprint density at radius 2 is 2.13 bits per heavy atom. The third-order valence-electron chi connectivity index (χ3n) is 3.84. The van der Waals surface area contributed by atoms with Gasteiger partial charge in [-0.05, 0) is 37.9 Å². The zero-order valence-corrected chi connectivity index (χ0v) is 13.1. The molecule has 0 amide bonds. The third-order valence-corrected chi connectivity index (χ3v) is 5.23. The van der Waals surface area contributed by atoms with Crippen LogP contribution >= 0.6 is 0 Å². The van der Waals surface area contributed by atoms with Crippen molar-refractivity contribution in [1.82, 2.24) is 25.0 Å². The number of nitrogens with one attached hydrogen (secondary N) is 4. The largest absolute Gasteiger partial charge is 0.327 e. The molecule has 2 aromatic rings.